The lowest BCUT2D eigenvalue weighted by atomic mass is 10.1. The Hall–Kier alpha value is -3.43. The molecule has 2 aromatic heterocycles. The highest BCUT2D eigenvalue weighted by atomic mass is 32.2. The summed E-state index contributed by atoms with van der Waals surface area (Å²) in [6, 6.07) is 17.8. The fourth-order valence-corrected chi connectivity index (χ4v) is 7.09. The minimum Gasteiger partial charge on any atom is -0.377 e. The maximum atomic E-state index is 13.9. The van der Waals surface area contributed by atoms with E-state index in [1.807, 2.05) is 19.9 Å². The van der Waals surface area contributed by atoms with Crippen molar-refractivity contribution < 1.29 is 21.0 Å². The van der Waals surface area contributed by atoms with Crippen LogP contribution in [0.1, 0.15) is 42.5 Å². The monoisotopic (exact) mass is 536 g/mol. The van der Waals surface area contributed by atoms with Crippen LogP contribution in [0.5, 0.6) is 0 Å². The number of fused-ring (bicyclic) bond motifs is 1. The third kappa shape index (κ3) is 5.06. The Morgan fingerprint density at radius 3 is 2.24 bits per heavy atom. The Morgan fingerprint density at radius 2 is 1.57 bits per heavy atom. The zero-order chi connectivity index (χ0) is 26.2. The van der Waals surface area contributed by atoms with Crippen LogP contribution in [0.15, 0.2) is 88.8 Å². The van der Waals surface area contributed by atoms with Crippen LogP contribution in [-0.2, 0) is 24.3 Å². The Bertz CT molecular complexity index is 1680. The van der Waals surface area contributed by atoms with E-state index in [-0.39, 0.29) is 32.8 Å². The molecule has 0 atom stereocenters. The molecular weight excluding hydrogens is 508 g/mol. The summed E-state index contributed by atoms with van der Waals surface area (Å²) in [5.74, 6) is 0.0615. The molecule has 0 spiro atoms. The average molecular weight is 537 g/mol. The van der Waals surface area contributed by atoms with Crippen molar-refractivity contribution in [2.45, 2.75) is 49.3 Å². The number of nitrogens with zero attached hydrogens (tertiary/aromatic N) is 2. The minimum absolute atomic E-state index is 0.00188. The number of hydrogen-bond acceptors (Lipinski definition) is 6. The van der Waals surface area contributed by atoms with Gasteiger partial charge in [-0.3, -0.25) is 0 Å². The average Bonchev–Trinajstić information content (AvgIpc) is 3.52. The number of aryl methyl sites for hydroxylation is 2. The van der Waals surface area contributed by atoms with Crippen molar-refractivity contribution in [2.75, 3.05) is 0 Å². The van der Waals surface area contributed by atoms with E-state index < -0.39 is 20.1 Å². The molecular formula is C28H28N2O5S2. The van der Waals surface area contributed by atoms with E-state index >= 15 is 0 Å². The molecule has 37 heavy (non-hydrogen) atoms. The standard InChI is InChI=1S/C28H28N2O5S2/c1-20-12-14-25(15-13-20)37(33,34)35-27(17-22-8-6-7-9-22)26-18-23-16-21(2)19-29-28(23)30(26)36(31,32)24-10-4-3-5-11-24/h3-5,10-19,22H,6-9H2,1-2H3/b27-17-. The van der Waals surface area contributed by atoms with Crippen molar-refractivity contribution >= 4 is 36.9 Å². The molecule has 0 aliphatic heterocycles. The van der Waals surface area contributed by atoms with Crippen LogP contribution in [0.4, 0.5) is 0 Å². The molecule has 0 amide bonds. The fourth-order valence-electron chi connectivity index (χ4n) is 4.66. The van der Waals surface area contributed by atoms with Gasteiger partial charge in [0.15, 0.2) is 11.4 Å². The van der Waals surface area contributed by atoms with Gasteiger partial charge < -0.3 is 4.18 Å². The lowest BCUT2D eigenvalue weighted by Gasteiger charge is -2.16. The summed E-state index contributed by atoms with van der Waals surface area (Å²) in [4.78, 5) is 4.49. The van der Waals surface area contributed by atoms with Crippen molar-refractivity contribution in [1.29, 1.82) is 0 Å². The van der Waals surface area contributed by atoms with Gasteiger partial charge in [0.25, 0.3) is 10.0 Å². The summed E-state index contributed by atoms with van der Waals surface area (Å²) in [7, 11) is -8.37. The number of pyridine rings is 1. The molecule has 1 aliphatic carbocycles. The van der Waals surface area contributed by atoms with Crippen molar-refractivity contribution in [2.24, 2.45) is 5.92 Å². The van der Waals surface area contributed by atoms with Crippen LogP contribution >= 0.6 is 0 Å². The molecule has 2 heterocycles. The predicted molar refractivity (Wildman–Crippen MR) is 143 cm³/mol. The van der Waals surface area contributed by atoms with Gasteiger partial charge in [0, 0.05) is 11.6 Å². The van der Waals surface area contributed by atoms with Crippen LogP contribution in [0.2, 0.25) is 0 Å². The van der Waals surface area contributed by atoms with Crippen LogP contribution in [0.25, 0.3) is 16.8 Å². The summed E-state index contributed by atoms with van der Waals surface area (Å²) < 4.78 is 61.4. The molecule has 192 valence electrons. The third-order valence-corrected chi connectivity index (χ3v) is 9.53. The largest absolute Gasteiger partial charge is 0.377 e. The molecule has 0 N–H and O–H groups in total. The summed E-state index contributed by atoms with van der Waals surface area (Å²) in [5.41, 5.74) is 2.09. The van der Waals surface area contributed by atoms with Gasteiger partial charge in [0.1, 0.15) is 10.6 Å². The summed E-state index contributed by atoms with van der Waals surface area (Å²) in [6.07, 6.45) is 7.14. The number of benzene rings is 2. The first kappa shape index (κ1) is 25.2. The maximum Gasteiger partial charge on any atom is 0.339 e. The first-order chi connectivity index (χ1) is 17.6. The molecule has 9 heteroatoms. The highest BCUT2D eigenvalue weighted by Crippen LogP contribution is 2.35. The molecule has 1 aliphatic rings. The lowest BCUT2D eigenvalue weighted by molar-refractivity contribution is 0.457. The van der Waals surface area contributed by atoms with Gasteiger partial charge >= 0.3 is 10.1 Å². The SMILES string of the molecule is Cc1ccc(S(=O)(=O)O/C(=C\C2CCCC2)c2cc3cc(C)cnc3n2S(=O)(=O)c2ccccc2)cc1. The van der Waals surface area contributed by atoms with Gasteiger partial charge in [0.2, 0.25) is 0 Å². The van der Waals surface area contributed by atoms with E-state index in [1.54, 1.807) is 48.7 Å². The molecule has 7 nitrogen and oxygen atoms in total. The van der Waals surface area contributed by atoms with E-state index in [0.29, 0.717) is 5.39 Å². The quantitative estimate of drug-likeness (QED) is 0.218. The Morgan fingerprint density at radius 1 is 0.892 bits per heavy atom. The zero-order valence-electron chi connectivity index (χ0n) is 20.7. The normalized spacial score (nSPS) is 15.4. The molecule has 4 aromatic rings. The molecule has 5 rings (SSSR count). The molecule has 1 fully saturated rings. The van der Waals surface area contributed by atoms with Gasteiger partial charge in [-0.15, -0.1) is 0 Å². The first-order valence-corrected chi connectivity index (χ1v) is 15.0. The maximum absolute atomic E-state index is 13.9. The molecule has 0 bridgehead atoms. The number of rotatable bonds is 7. The second kappa shape index (κ2) is 9.79. The highest BCUT2D eigenvalue weighted by molar-refractivity contribution is 7.90. The summed E-state index contributed by atoms with van der Waals surface area (Å²) >= 11 is 0. The van der Waals surface area contributed by atoms with Crippen molar-refractivity contribution in [1.82, 2.24) is 8.96 Å². The molecule has 0 saturated heterocycles. The molecule has 2 aromatic carbocycles. The molecule has 1 saturated carbocycles. The topological polar surface area (TPSA) is 95.3 Å². The van der Waals surface area contributed by atoms with Crippen LogP contribution < -0.4 is 0 Å². The van der Waals surface area contributed by atoms with E-state index in [1.165, 1.54) is 24.3 Å². The van der Waals surface area contributed by atoms with E-state index in [4.69, 9.17) is 4.18 Å². The highest BCUT2D eigenvalue weighted by Gasteiger charge is 2.30. The minimum atomic E-state index is -4.24. The number of allylic oxidation sites excluding steroid dienone is 1. The van der Waals surface area contributed by atoms with Crippen molar-refractivity contribution in [3.05, 3.63) is 95.8 Å². The number of aromatic nitrogens is 2. The number of hydrogen-bond donors (Lipinski definition) is 0. The van der Waals surface area contributed by atoms with E-state index in [2.05, 4.69) is 4.98 Å². The van der Waals surface area contributed by atoms with E-state index in [0.717, 1.165) is 40.8 Å². The van der Waals surface area contributed by atoms with E-state index in [9.17, 15) is 16.8 Å². The van der Waals surface area contributed by atoms with Crippen molar-refractivity contribution in [3.63, 3.8) is 0 Å². The summed E-state index contributed by atoms with van der Waals surface area (Å²) in [6.45, 7) is 3.73. The van der Waals surface area contributed by atoms with Gasteiger partial charge in [0.05, 0.1) is 4.90 Å². The second-order valence-corrected chi connectivity index (χ2v) is 12.8. The van der Waals surface area contributed by atoms with Crippen molar-refractivity contribution in [3.8, 4) is 0 Å². The second-order valence-electron chi connectivity index (χ2n) is 9.46. The van der Waals surface area contributed by atoms with Gasteiger partial charge in [-0.1, -0.05) is 48.7 Å². The van der Waals surface area contributed by atoms with Gasteiger partial charge in [-0.05, 0) is 80.6 Å². The van der Waals surface area contributed by atoms with Crippen LogP contribution in [0.3, 0.4) is 0 Å². The first-order valence-electron chi connectivity index (χ1n) is 12.2. The van der Waals surface area contributed by atoms with Gasteiger partial charge in [-0.25, -0.2) is 17.4 Å². The van der Waals surface area contributed by atoms with Crippen LogP contribution in [0, 0.1) is 19.8 Å². The Balaban J connectivity index is 1.73. The zero-order valence-corrected chi connectivity index (χ0v) is 22.3. The molecule has 0 radical (unpaired) electrons. The lowest BCUT2D eigenvalue weighted by Crippen LogP contribution is -2.18. The van der Waals surface area contributed by atoms with Gasteiger partial charge in [-0.2, -0.15) is 8.42 Å². The van der Waals surface area contributed by atoms with Crippen LogP contribution in [-0.4, -0.2) is 25.8 Å². The molecule has 0 unspecified atom stereocenters. The summed E-state index contributed by atoms with van der Waals surface area (Å²) in [5, 5.41) is 0.572. The smallest absolute Gasteiger partial charge is 0.339 e. The fraction of sp³-hybridized carbons (Fsp3) is 0.250. The Labute approximate surface area is 217 Å². The third-order valence-electron chi connectivity index (χ3n) is 6.57. The predicted octanol–water partition coefficient (Wildman–Crippen LogP) is 5.83. The Kier molecular flexibility index (Phi) is 6.68.